The van der Waals surface area contributed by atoms with Crippen molar-refractivity contribution in [2.75, 3.05) is 0 Å². The van der Waals surface area contributed by atoms with Crippen LogP contribution in [0.2, 0.25) is 0 Å². The second kappa shape index (κ2) is 7.80. The van der Waals surface area contributed by atoms with Gasteiger partial charge in [0.1, 0.15) is 5.82 Å². The molecule has 4 aromatic rings. The number of hydrogen-bond acceptors (Lipinski definition) is 3. The third-order valence-corrected chi connectivity index (χ3v) is 5.85. The number of hydrogen-bond donors (Lipinski definition) is 0. The molecule has 152 valence electrons. The van der Waals surface area contributed by atoms with Crippen molar-refractivity contribution in [3.8, 4) is 5.69 Å². The Morgan fingerprint density at radius 1 is 0.839 bits per heavy atom. The molecule has 0 fully saturated rings. The third kappa shape index (κ3) is 3.61. The molecule has 31 heavy (non-hydrogen) atoms. The number of ketones is 1. The summed E-state index contributed by atoms with van der Waals surface area (Å²) in [5.74, 6) is 0.529. The molecule has 0 bridgehead atoms. The minimum absolute atomic E-state index is 0.0629. The van der Waals surface area contributed by atoms with Gasteiger partial charge in [0.15, 0.2) is 5.78 Å². The lowest BCUT2D eigenvalue weighted by molar-refractivity contribution is -0.115. The third-order valence-electron chi connectivity index (χ3n) is 5.85. The second-order valence-electron chi connectivity index (χ2n) is 8.07. The Labute approximate surface area is 180 Å². The highest BCUT2D eigenvalue weighted by molar-refractivity contribution is 5.99. The van der Waals surface area contributed by atoms with E-state index in [1.807, 2.05) is 79.7 Å². The molecule has 0 N–H and O–H groups in total. The Hall–Kier alpha value is -3.79. The highest BCUT2D eigenvalue weighted by Crippen LogP contribution is 2.36. The summed E-state index contributed by atoms with van der Waals surface area (Å²) in [6.45, 7) is 2.02. The van der Waals surface area contributed by atoms with E-state index in [0.29, 0.717) is 29.6 Å². The molecule has 1 aromatic heterocycles. The molecule has 1 aliphatic carbocycles. The van der Waals surface area contributed by atoms with Crippen LogP contribution in [0.1, 0.15) is 35.7 Å². The number of aryl methyl sites for hydroxylation is 1. The first-order valence-corrected chi connectivity index (χ1v) is 10.5. The van der Waals surface area contributed by atoms with Crippen LogP contribution < -0.4 is 5.56 Å². The van der Waals surface area contributed by atoms with Gasteiger partial charge in [0.25, 0.3) is 5.56 Å². The van der Waals surface area contributed by atoms with Gasteiger partial charge in [-0.25, -0.2) is 4.98 Å². The van der Waals surface area contributed by atoms with Crippen molar-refractivity contribution < 1.29 is 4.79 Å². The zero-order chi connectivity index (χ0) is 21.4. The van der Waals surface area contributed by atoms with Gasteiger partial charge >= 0.3 is 0 Å². The molecule has 0 aliphatic heterocycles. The highest BCUT2D eigenvalue weighted by atomic mass is 16.1. The first-order chi connectivity index (χ1) is 15.1. The quantitative estimate of drug-likeness (QED) is 0.468. The standard InChI is InChI=1S/C27H22N2O2/c1-18-11-13-22(14-12-18)29-26(28-25-10-6-5-9-24(25)27(29)31)21-15-20(16-23(30)17-21)19-7-3-2-4-8-19/h2-14,16,21H,15,17H2,1H3. The van der Waals surface area contributed by atoms with Gasteiger partial charge in [-0.05, 0) is 54.8 Å². The summed E-state index contributed by atoms with van der Waals surface area (Å²) in [7, 11) is 0. The minimum Gasteiger partial charge on any atom is -0.295 e. The Kier molecular flexibility index (Phi) is 4.83. The zero-order valence-corrected chi connectivity index (χ0v) is 17.3. The van der Waals surface area contributed by atoms with E-state index in [1.54, 1.807) is 16.7 Å². The number of rotatable bonds is 3. The molecular formula is C27H22N2O2. The molecule has 0 radical (unpaired) electrons. The Morgan fingerprint density at radius 3 is 2.32 bits per heavy atom. The fourth-order valence-electron chi connectivity index (χ4n) is 4.30. The van der Waals surface area contributed by atoms with Gasteiger partial charge in [0, 0.05) is 12.3 Å². The van der Waals surface area contributed by atoms with Crippen LogP contribution in [0.4, 0.5) is 0 Å². The van der Waals surface area contributed by atoms with Crippen molar-refractivity contribution in [2.45, 2.75) is 25.7 Å². The van der Waals surface area contributed by atoms with E-state index in [4.69, 9.17) is 4.98 Å². The van der Waals surface area contributed by atoms with Crippen LogP contribution in [0.5, 0.6) is 0 Å². The summed E-state index contributed by atoms with van der Waals surface area (Å²) in [6, 6.07) is 25.2. The van der Waals surface area contributed by atoms with Gasteiger partial charge in [0.2, 0.25) is 0 Å². The van der Waals surface area contributed by atoms with E-state index in [2.05, 4.69) is 0 Å². The molecular weight excluding hydrogens is 384 g/mol. The predicted molar refractivity (Wildman–Crippen MR) is 123 cm³/mol. The fraction of sp³-hybridized carbons (Fsp3) is 0.148. The van der Waals surface area contributed by atoms with Crippen LogP contribution in [0, 0.1) is 6.92 Å². The van der Waals surface area contributed by atoms with E-state index >= 15 is 0 Å². The maximum atomic E-state index is 13.5. The average molecular weight is 406 g/mol. The Balaban J connectivity index is 1.69. The number of fused-ring (bicyclic) bond motifs is 1. The highest BCUT2D eigenvalue weighted by Gasteiger charge is 2.28. The van der Waals surface area contributed by atoms with Crippen molar-refractivity contribution in [2.24, 2.45) is 0 Å². The second-order valence-corrected chi connectivity index (χ2v) is 8.07. The van der Waals surface area contributed by atoms with Gasteiger partial charge in [-0.3, -0.25) is 14.2 Å². The van der Waals surface area contributed by atoms with E-state index in [1.165, 1.54) is 0 Å². The molecule has 1 atom stereocenters. The van der Waals surface area contributed by atoms with Crippen LogP contribution in [0.15, 0.2) is 89.7 Å². The van der Waals surface area contributed by atoms with Crippen LogP contribution >= 0.6 is 0 Å². The lowest BCUT2D eigenvalue weighted by Crippen LogP contribution is -2.27. The molecule has 0 saturated heterocycles. The topological polar surface area (TPSA) is 52.0 Å². The smallest absolute Gasteiger partial charge is 0.265 e. The normalized spacial score (nSPS) is 16.4. The summed E-state index contributed by atoms with van der Waals surface area (Å²) in [5.41, 5.74) is 4.47. The molecule has 0 spiro atoms. The first kappa shape index (κ1) is 19.2. The van der Waals surface area contributed by atoms with Crippen LogP contribution in [-0.4, -0.2) is 15.3 Å². The molecule has 5 rings (SSSR count). The van der Waals surface area contributed by atoms with E-state index in [-0.39, 0.29) is 17.3 Å². The lowest BCUT2D eigenvalue weighted by atomic mass is 9.84. The number of aromatic nitrogens is 2. The van der Waals surface area contributed by atoms with Crippen LogP contribution in [0.25, 0.3) is 22.2 Å². The molecule has 0 amide bonds. The zero-order valence-electron chi connectivity index (χ0n) is 17.3. The molecule has 0 saturated carbocycles. The molecule has 1 unspecified atom stereocenters. The number of carbonyl (C=O) groups is 1. The molecule has 3 aromatic carbocycles. The average Bonchev–Trinajstić information content (AvgIpc) is 2.80. The largest absolute Gasteiger partial charge is 0.295 e. The molecule has 1 heterocycles. The van der Waals surface area contributed by atoms with Crippen molar-refractivity contribution in [3.05, 3.63) is 112 Å². The SMILES string of the molecule is Cc1ccc(-n2c(C3CC(=O)C=C(c4ccccc4)C3)nc3ccccc3c2=O)cc1. The van der Waals surface area contributed by atoms with Crippen LogP contribution in [-0.2, 0) is 4.79 Å². The van der Waals surface area contributed by atoms with E-state index < -0.39 is 0 Å². The van der Waals surface area contributed by atoms with E-state index in [9.17, 15) is 9.59 Å². The van der Waals surface area contributed by atoms with Gasteiger partial charge in [-0.1, -0.05) is 60.2 Å². The summed E-state index contributed by atoms with van der Waals surface area (Å²) in [4.78, 5) is 31.1. The van der Waals surface area contributed by atoms with E-state index in [0.717, 1.165) is 22.4 Å². The maximum Gasteiger partial charge on any atom is 0.265 e. The van der Waals surface area contributed by atoms with Gasteiger partial charge in [-0.15, -0.1) is 0 Å². The monoisotopic (exact) mass is 406 g/mol. The minimum atomic E-state index is -0.175. The van der Waals surface area contributed by atoms with Crippen molar-refractivity contribution in [1.29, 1.82) is 0 Å². The number of para-hydroxylation sites is 1. The fourth-order valence-corrected chi connectivity index (χ4v) is 4.30. The molecule has 4 nitrogen and oxygen atoms in total. The number of nitrogens with zero attached hydrogens (tertiary/aromatic N) is 2. The maximum absolute atomic E-state index is 13.5. The van der Waals surface area contributed by atoms with Gasteiger partial charge in [0.05, 0.1) is 16.6 Å². The van der Waals surface area contributed by atoms with Crippen LogP contribution in [0.3, 0.4) is 0 Å². The summed E-state index contributed by atoms with van der Waals surface area (Å²) >= 11 is 0. The summed E-state index contributed by atoms with van der Waals surface area (Å²) in [5, 5.41) is 0.577. The predicted octanol–water partition coefficient (Wildman–Crippen LogP) is 5.22. The summed E-state index contributed by atoms with van der Waals surface area (Å²) in [6.07, 6.45) is 2.74. The van der Waals surface area contributed by atoms with Crippen molar-refractivity contribution >= 4 is 22.3 Å². The molecule has 1 aliphatic rings. The van der Waals surface area contributed by atoms with Crippen molar-refractivity contribution in [3.63, 3.8) is 0 Å². The van der Waals surface area contributed by atoms with Crippen molar-refractivity contribution in [1.82, 2.24) is 9.55 Å². The molecule has 4 heteroatoms. The first-order valence-electron chi connectivity index (χ1n) is 10.5. The number of carbonyl (C=O) groups excluding carboxylic acids is 1. The number of benzene rings is 3. The number of allylic oxidation sites excluding steroid dienone is 2. The van der Waals surface area contributed by atoms with Gasteiger partial charge in [-0.2, -0.15) is 0 Å². The summed E-state index contributed by atoms with van der Waals surface area (Å²) < 4.78 is 1.69. The Bertz CT molecular complexity index is 1370. The van der Waals surface area contributed by atoms with Gasteiger partial charge < -0.3 is 0 Å². The lowest BCUT2D eigenvalue weighted by Gasteiger charge is -2.25. The Morgan fingerprint density at radius 2 is 1.55 bits per heavy atom.